The number of hydrogen-bond donors (Lipinski definition) is 2. The number of ketones is 1. The smallest absolute Gasteiger partial charge is 0.228 e. The molecule has 23 heavy (non-hydrogen) atoms. The molecular formula is C19H21NO3. The Morgan fingerprint density at radius 2 is 1.91 bits per heavy atom. The second-order valence-corrected chi connectivity index (χ2v) is 6.75. The van der Waals surface area contributed by atoms with Gasteiger partial charge in [0.1, 0.15) is 5.78 Å². The number of aliphatic hydroxyl groups is 1. The fraction of sp³-hybridized carbons (Fsp3) is 0.474. The van der Waals surface area contributed by atoms with E-state index in [0.29, 0.717) is 13.0 Å². The van der Waals surface area contributed by atoms with Gasteiger partial charge in [0.25, 0.3) is 0 Å². The summed E-state index contributed by atoms with van der Waals surface area (Å²) in [6.45, 7) is 6.17. The molecule has 2 fully saturated rings. The molecule has 1 aromatic carbocycles. The van der Waals surface area contributed by atoms with Crippen molar-refractivity contribution in [2.75, 3.05) is 6.54 Å². The van der Waals surface area contributed by atoms with Gasteiger partial charge in [0.15, 0.2) is 0 Å². The average Bonchev–Trinajstić information content (AvgIpc) is 2.47. The summed E-state index contributed by atoms with van der Waals surface area (Å²) >= 11 is 0. The maximum atomic E-state index is 12.7. The van der Waals surface area contributed by atoms with E-state index in [0.717, 1.165) is 22.3 Å². The van der Waals surface area contributed by atoms with Gasteiger partial charge in [-0.3, -0.25) is 9.59 Å². The Hall–Kier alpha value is -2.12. The SMILES string of the molecule is CC#Cc1cc(C)c(C2C(=O)CC3(CNC3=O)CC2O)c(C)c1. The molecule has 0 radical (unpaired) electrons. The van der Waals surface area contributed by atoms with Gasteiger partial charge in [-0.05, 0) is 56.0 Å². The Bertz CT molecular complexity index is 733. The Labute approximate surface area is 136 Å². The van der Waals surface area contributed by atoms with E-state index in [9.17, 15) is 14.7 Å². The molecule has 1 spiro atoms. The van der Waals surface area contributed by atoms with Crippen molar-refractivity contribution in [1.29, 1.82) is 0 Å². The minimum atomic E-state index is -0.817. The number of amides is 1. The molecule has 1 aliphatic carbocycles. The summed E-state index contributed by atoms with van der Waals surface area (Å²) in [6.07, 6.45) is -0.247. The van der Waals surface area contributed by atoms with Gasteiger partial charge in [0.05, 0.1) is 17.4 Å². The molecule has 1 heterocycles. The fourth-order valence-electron chi connectivity index (χ4n) is 4.00. The summed E-state index contributed by atoms with van der Waals surface area (Å²) in [5.74, 6) is 5.21. The molecule has 3 rings (SSSR count). The van der Waals surface area contributed by atoms with Crippen LogP contribution in [-0.2, 0) is 9.59 Å². The molecular weight excluding hydrogens is 290 g/mol. The van der Waals surface area contributed by atoms with Crippen molar-refractivity contribution in [3.63, 3.8) is 0 Å². The molecule has 2 N–H and O–H groups in total. The highest BCUT2D eigenvalue weighted by Crippen LogP contribution is 2.45. The molecule has 2 aliphatic rings. The van der Waals surface area contributed by atoms with E-state index in [4.69, 9.17) is 0 Å². The molecule has 1 amide bonds. The lowest BCUT2D eigenvalue weighted by atomic mass is 9.62. The van der Waals surface area contributed by atoms with Crippen LogP contribution in [0.25, 0.3) is 0 Å². The number of nitrogens with one attached hydrogen (secondary N) is 1. The van der Waals surface area contributed by atoms with Gasteiger partial charge in [-0.15, -0.1) is 5.92 Å². The van der Waals surface area contributed by atoms with Crippen molar-refractivity contribution in [3.8, 4) is 11.8 Å². The van der Waals surface area contributed by atoms with Crippen LogP contribution >= 0.6 is 0 Å². The number of benzene rings is 1. The van der Waals surface area contributed by atoms with Crippen molar-refractivity contribution in [1.82, 2.24) is 5.32 Å². The highest BCUT2D eigenvalue weighted by atomic mass is 16.3. The molecule has 0 aromatic heterocycles. The zero-order chi connectivity index (χ0) is 16.8. The van der Waals surface area contributed by atoms with Crippen LogP contribution in [0, 0.1) is 31.1 Å². The van der Waals surface area contributed by atoms with E-state index in [1.807, 2.05) is 26.0 Å². The summed E-state index contributed by atoms with van der Waals surface area (Å²) in [7, 11) is 0. The second-order valence-electron chi connectivity index (χ2n) is 6.75. The van der Waals surface area contributed by atoms with Crippen LogP contribution in [0.15, 0.2) is 12.1 Å². The predicted octanol–water partition coefficient (Wildman–Crippen LogP) is 1.60. The van der Waals surface area contributed by atoms with E-state index in [1.165, 1.54) is 0 Å². The third kappa shape index (κ3) is 2.46. The Kier molecular flexibility index (Phi) is 3.77. The molecule has 4 nitrogen and oxygen atoms in total. The number of aryl methyl sites for hydroxylation is 2. The third-order valence-electron chi connectivity index (χ3n) is 5.09. The maximum absolute atomic E-state index is 12.7. The van der Waals surface area contributed by atoms with Crippen LogP contribution < -0.4 is 5.32 Å². The highest BCUT2D eigenvalue weighted by Gasteiger charge is 2.54. The second kappa shape index (κ2) is 5.50. The van der Waals surface area contributed by atoms with E-state index >= 15 is 0 Å². The number of Topliss-reactive ketones (excluding diaryl/α,β-unsaturated/α-hetero) is 1. The highest BCUT2D eigenvalue weighted by molar-refractivity contribution is 5.98. The van der Waals surface area contributed by atoms with Crippen molar-refractivity contribution >= 4 is 11.7 Å². The first-order valence-corrected chi connectivity index (χ1v) is 7.91. The van der Waals surface area contributed by atoms with Gasteiger partial charge in [-0.2, -0.15) is 0 Å². The van der Waals surface area contributed by atoms with Crippen LogP contribution in [0.2, 0.25) is 0 Å². The minimum absolute atomic E-state index is 0.0425. The number of rotatable bonds is 1. The molecule has 120 valence electrons. The first-order chi connectivity index (χ1) is 10.9. The van der Waals surface area contributed by atoms with E-state index < -0.39 is 17.4 Å². The predicted molar refractivity (Wildman–Crippen MR) is 86.9 cm³/mol. The van der Waals surface area contributed by atoms with E-state index in [-0.39, 0.29) is 18.1 Å². The molecule has 1 saturated heterocycles. The zero-order valence-corrected chi connectivity index (χ0v) is 13.7. The lowest BCUT2D eigenvalue weighted by molar-refractivity contribution is -0.153. The number of hydrogen-bond acceptors (Lipinski definition) is 3. The third-order valence-corrected chi connectivity index (χ3v) is 5.09. The summed E-state index contributed by atoms with van der Waals surface area (Å²) < 4.78 is 0. The van der Waals surface area contributed by atoms with Crippen LogP contribution in [0.4, 0.5) is 0 Å². The van der Waals surface area contributed by atoms with Gasteiger partial charge in [-0.1, -0.05) is 5.92 Å². The van der Waals surface area contributed by atoms with Gasteiger partial charge in [0, 0.05) is 18.5 Å². The Morgan fingerprint density at radius 1 is 1.26 bits per heavy atom. The quantitative estimate of drug-likeness (QED) is 0.611. The Balaban J connectivity index is 1.97. The summed E-state index contributed by atoms with van der Waals surface area (Å²) in [5.41, 5.74) is 3.06. The Morgan fingerprint density at radius 3 is 2.35 bits per heavy atom. The number of β-lactam (4-membered cyclic amide) rings is 1. The normalized spacial score (nSPS) is 29.6. The molecule has 0 bridgehead atoms. The number of aliphatic hydroxyl groups excluding tert-OH is 1. The van der Waals surface area contributed by atoms with Crippen molar-refractivity contribution in [2.24, 2.45) is 5.41 Å². The van der Waals surface area contributed by atoms with Crippen molar-refractivity contribution < 1.29 is 14.7 Å². The van der Waals surface area contributed by atoms with Gasteiger partial charge in [-0.25, -0.2) is 0 Å². The zero-order valence-electron chi connectivity index (χ0n) is 13.7. The van der Waals surface area contributed by atoms with E-state index in [1.54, 1.807) is 6.92 Å². The maximum Gasteiger partial charge on any atom is 0.228 e. The summed E-state index contributed by atoms with van der Waals surface area (Å²) in [5, 5.41) is 13.3. The van der Waals surface area contributed by atoms with Crippen LogP contribution in [0.5, 0.6) is 0 Å². The lowest BCUT2D eigenvalue weighted by Gasteiger charge is -2.47. The molecule has 1 aliphatic heterocycles. The van der Waals surface area contributed by atoms with Crippen LogP contribution in [0.1, 0.15) is 47.9 Å². The molecule has 1 aromatic rings. The van der Waals surface area contributed by atoms with Crippen molar-refractivity contribution in [2.45, 2.75) is 45.6 Å². The summed E-state index contributed by atoms with van der Waals surface area (Å²) in [4.78, 5) is 24.5. The average molecular weight is 311 g/mol. The molecule has 3 unspecified atom stereocenters. The van der Waals surface area contributed by atoms with Gasteiger partial charge in [0.2, 0.25) is 5.91 Å². The van der Waals surface area contributed by atoms with Gasteiger partial charge < -0.3 is 10.4 Å². The lowest BCUT2D eigenvalue weighted by Crippen LogP contribution is -2.63. The van der Waals surface area contributed by atoms with E-state index in [2.05, 4.69) is 17.2 Å². The van der Waals surface area contributed by atoms with Crippen molar-refractivity contribution in [3.05, 3.63) is 34.4 Å². The first kappa shape index (κ1) is 15.8. The molecule has 1 saturated carbocycles. The first-order valence-electron chi connectivity index (χ1n) is 7.91. The topological polar surface area (TPSA) is 66.4 Å². The van der Waals surface area contributed by atoms with Gasteiger partial charge >= 0.3 is 0 Å². The molecule has 3 atom stereocenters. The standard InChI is InChI=1S/C19H21NO3/c1-4-5-13-6-11(2)16(12(3)7-13)17-14(21)8-19(9-15(17)22)10-20-18(19)23/h6-7,14,17,21H,8-10H2,1-3H3,(H,20,23). The largest absolute Gasteiger partial charge is 0.392 e. The molecule has 4 heteroatoms. The number of carbonyl (C=O) groups is 2. The van der Waals surface area contributed by atoms with Crippen LogP contribution in [0.3, 0.4) is 0 Å². The minimum Gasteiger partial charge on any atom is -0.392 e. The monoisotopic (exact) mass is 311 g/mol. The number of carbonyl (C=O) groups excluding carboxylic acids is 2. The van der Waals surface area contributed by atoms with Crippen LogP contribution in [-0.4, -0.2) is 29.4 Å². The summed E-state index contributed by atoms with van der Waals surface area (Å²) in [6, 6.07) is 3.92. The fourth-order valence-corrected chi connectivity index (χ4v) is 4.00.